The molecule has 0 nitrogen and oxygen atoms in total. The summed E-state index contributed by atoms with van der Waals surface area (Å²) in [5, 5.41) is 0. The average Bonchev–Trinajstić information content (AvgIpc) is 2.02. The Kier molecular flexibility index (Phi) is 3.38. The predicted octanol–water partition coefficient (Wildman–Crippen LogP) is 4.44. The van der Waals surface area contributed by atoms with Crippen molar-refractivity contribution in [3.63, 3.8) is 0 Å². The van der Waals surface area contributed by atoms with Crippen molar-refractivity contribution in [3.8, 4) is 0 Å². The third-order valence-electron chi connectivity index (χ3n) is 2.67. The average molecular weight is 288 g/mol. The van der Waals surface area contributed by atoms with Crippen molar-refractivity contribution in [3.05, 3.63) is 33.4 Å². The lowest BCUT2D eigenvalue weighted by atomic mass is 9.78. The molecule has 0 spiro atoms. The van der Waals surface area contributed by atoms with E-state index in [0.717, 1.165) is 0 Å². The third-order valence-corrected chi connectivity index (χ3v) is 3.65. The van der Waals surface area contributed by atoms with Crippen LogP contribution in [0.15, 0.2) is 24.3 Å². The lowest BCUT2D eigenvalue weighted by molar-refractivity contribution is 0.338. The highest BCUT2D eigenvalue weighted by molar-refractivity contribution is 14.1. The van der Waals surface area contributed by atoms with Gasteiger partial charge in [0.2, 0.25) is 0 Å². The van der Waals surface area contributed by atoms with Crippen molar-refractivity contribution in [1.29, 1.82) is 0 Å². The highest BCUT2D eigenvalue weighted by Gasteiger charge is 2.22. The smallest absolute Gasteiger partial charge is 0.0165 e. The molecule has 0 saturated heterocycles. The Bertz CT molecular complexity index is 283. The van der Waals surface area contributed by atoms with Gasteiger partial charge in [0.1, 0.15) is 0 Å². The van der Waals surface area contributed by atoms with Crippen LogP contribution in [0.3, 0.4) is 0 Å². The van der Waals surface area contributed by atoms with E-state index in [2.05, 4.69) is 74.6 Å². The number of benzene rings is 1. The minimum atomic E-state index is 0.348. The van der Waals surface area contributed by atoms with Gasteiger partial charge in [0.15, 0.2) is 0 Å². The maximum Gasteiger partial charge on any atom is 0.0165 e. The summed E-state index contributed by atoms with van der Waals surface area (Å²) in [7, 11) is 0. The van der Waals surface area contributed by atoms with Crippen LogP contribution in [0.5, 0.6) is 0 Å². The maximum atomic E-state index is 2.42. The van der Waals surface area contributed by atoms with E-state index in [1.165, 1.54) is 9.13 Å². The summed E-state index contributed by atoms with van der Waals surface area (Å²) >= 11 is 2.42. The Hall–Kier alpha value is -0.0500. The molecular weight excluding hydrogens is 271 g/mol. The molecule has 0 heterocycles. The van der Waals surface area contributed by atoms with Gasteiger partial charge in [-0.25, -0.2) is 0 Å². The minimum absolute atomic E-state index is 0.348. The van der Waals surface area contributed by atoms with Gasteiger partial charge in [-0.2, -0.15) is 0 Å². The molecule has 0 fully saturated rings. The highest BCUT2D eigenvalue weighted by Crippen LogP contribution is 2.36. The second-order valence-electron chi connectivity index (χ2n) is 4.61. The lowest BCUT2D eigenvalue weighted by Crippen LogP contribution is -2.16. The third kappa shape index (κ3) is 2.70. The van der Waals surface area contributed by atoms with Crippen LogP contribution < -0.4 is 0 Å². The Labute approximate surface area is 94.9 Å². The monoisotopic (exact) mass is 288 g/mol. The Morgan fingerprint density at radius 3 is 2.15 bits per heavy atom. The summed E-state index contributed by atoms with van der Waals surface area (Å²) in [6.07, 6.45) is 0. The molecular formula is C12H17I. The quantitative estimate of drug-likeness (QED) is 0.670. The molecule has 0 aliphatic carbocycles. The van der Waals surface area contributed by atoms with E-state index >= 15 is 0 Å². The number of rotatable bonds is 1. The summed E-state index contributed by atoms with van der Waals surface area (Å²) < 4.78 is 1.38. The zero-order valence-corrected chi connectivity index (χ0v) is 10.9. The fraction of sp³-hybridized carbons (Fsp3) is 0.500. The molecule has 0 N–H and O–H groups in total. The van der Waals surface area contributed by atoms with E-state index in [4.69, 9.17) is 0 Å². The largest absolute Gasteiger partial charge is 0.0619 e. The molecule has 0 aliphatic rings. The first kappa shape index (κ1) is 11.0. The van der Waals surface area contributed by atoms with Gasteiger partial charge in [-0.1, -0.05) is 45.9 Å². The van der Waals surface area contributed by atoms with Crippen LogP contribution in [0.1, 0.15) is 39.2 Å². The van der Waals surface area contributed by atoms with Crippen LogP contribution in [0, 0.1) is 8.99 Å². The topological polar surface area (TPSA) is 0 Å². The predicted molar refractivity (Wildman–Crippen MR) is 67.0 cm³/mol. The molecule has 13 heavy (non-hydrogen) atoms. The molecule has 0 aromatic heterocycles. The van der Waals surface area contributed by atoms with Gasteiger partial charge in [0.05, 0.1) is 0 Å². The van der Waals surface area contributed by atoms with Crippen LogP contribution in [0.2, 0.25) is 0 Å². The van der Waals surface area contributed by atoms with Crippen LogP contribution in [0.25, 0.3) is 0 Å². The first-order chi connectivity index (χ1) is 5.93. The van der Waals surface area contributed by atoms with Gasteiger partial charge in [0, 0.05) is 3.57 Å². The number of hydrogen-bond acceptors (Lipinski definition) is 0. The summed E-state index contributed by atoms with van der Waals surface area (Å²) in [5.41, 5.74) is 1.82. The van der Waals surface area contributed by atoms with E-state index in [-0.39, 0.29) is 0 Å². The second kappa shape index (κ2) is 3.99. The van der Waals surface area contributed by atoms with Crippen molar-refractivity contribution in [2.24, 2.45) is 5.41 Å². The summed E-state index contributed by atoms with van der Waals surface area (Å²) in [6, 6.07) is 8.64. The van der Waals surface area contributed by atoms with E-state index in [1.54, 1.807) is 0 Å². The molecule has 1 aromatic rings. The minimum Gasteiger partial charge on any atom is -0.0619 e. The van der Waals surface area contributed by atoms with E-state index in [1.807, 2.05) is 0 Å². The molecule has 1 heteroatoms. The molecule has 0 amide bonds. The molecule has 1 unspecified atom stereocenters. The zero-order valence-electron chi connectivity index (χ0n) is 8.76. The van der Waals surface area contributed by atoms with Crippen molar-refractivity contribution >= 4 is 22.6 Å². The summed E-state index contributed by atoms with van der Waals surface area (Å²) in [5.74, 6) is 0.612. The second-order valence-corrected chi connectivity index (χ2v) is 5.77. The molecule has 0 aliphatic heterocycles. The van der Waals surface area contributed by atoms with Crippen molar-refractivity contribution in [1.82, 2.24) is 0 Å². The molecule has 0 bridgehead atoms. The molecule has 1 rings (SSSR count). The molecule has 1 atom stereocenters. The van der Waals surface area contributed by atoms with Crippen LogP contribution in [-0.2, 0) is 0 Å². The first-order valence-corrected chi connectivity index (χ1v) is 5.75. The Morgan fingerprint density at radius 2 is 1.69 bits per heavy atom. The van der Waals surface area contributed by atoms with Crippen LogP contribution >= 0.6 is 22.6 Å². The summed E-state index contributed by atoms with van der Waals surface area (Å²) in [4.78, 5) is 0. The van der Waals surface area contributed by atoms with Gasteiger partial charge in [-0.05, 0) is 45.6 Å². The SMILES string of the molecule is CC(c1ccccc1I)C(C)(C)C. The van der Waals surface area contributed by atoms with Crippen LogP contribution in [0.4, 0.5) is 0 Å². The van der Waals surface area contributed by atoms with E-state index in [9.17, 15) is 0 Å². The fourth-order valence-corrected chi connectivity index (χ4v) is 2.15. The molecule has 1 aromatic carbocycles. The number of halogens is 1. The molecule has 72 valence electrons. The molecule has 0 saturated carbocycles. The van der Waals surface area contributed by atoms with Gasteiger partial charge in [-0.15, -0.1) is 0 Å². The van der Waals surface area contributed by atoms with Crippen LogP contribution in [-0.4, -0.2) is 0 Å². The van der Waals surface area contributed by atoms with E-state index in [0.29, 0.717) is 11.3 Å². The zero-order chi connectivity index (χ0) is 10.1. The molecule has 0 radical (unpaired) electrons. The Balaban J connectivity index is 3.02. The van der Waals surface area contributed by atoms with E-state index < -0.39 is 0 Å². The maximum absolute atomic E-state index is 2.42. The van der Waals surface area contributed by atoms with Crippen molar-refractivity contribution < 1.29 is 0 Å². The lowest BCUT2D eigenvalue weighted by Gasteiger charge is -2.28. The van der Waals surface area contributed by atoms with Gasteiger partial charge in [0.25, 0.3) is 0 Å². The number of hydrogen-bond donors (Lipinski definition) is 0. The summed E-state index contributed by atoms with van der Waals surface area (Å²) in [6.45, 7) is 9.18. The Morgan fingerprint density at radius 1 is 1.15 bits per heavy atom. The van der Waals surface area contributed by atoms with Gasteiger partial charge >= 0.3 is 0 Å². The highest BCUT2D eigenvalue weighted by atomic mass is 127. The van der Waals surface area contributed by atoms with Crippen molar-refractivity contribution in [2.75, 3.05) is 0 Å². The fourth-order valence-electron chi connectivity index (χ4n) is 1.29. The van der Waals surface area contributed by atoms with Gasteiger partial charge in [-0.3, -0.25) is 0 Å². The first-order valence-electron chi connectivity index (χ1n) is 4.67. The van der Waals surface area contributed by atoms with Gasteiger partial charge < -0.3 is 0 Å². The standard InChI is InChI=1S/C12H17I/c1-9(12(2,3)4)10-7-5-6-8-11(10)13/h5-9H,1-4H3. The normalized spacial score (nSPS) is 14.2. The van der Waals surface area contributed by atoms with Crippen molar-refractivity contribution in [2.45, 2.75) is 33.6 Å².